The van der Waals surface area contributed by atoms with Gasteiger partial charge in [-0.1, -0.05) is 13.3 Å². The Morgan fingerprint density at radius 1 is 1.58 bits per heavy atom. The lowest BCUT2D eigenvalue weighted by molar-refractivity contribution is 0.777. The summed E-state index contributed by atoms with van der Waals surface area (Å²) in [5.41, 5.74) is 1.84. The van der Waals surface area contributed by atoms with Crippen LogP contribution in [0, 0.1) is 6.92 Å². The Balaban J connectivity index is 2.79. The molecule has 1 aromatic heterocycles. The fourth-order valence-corrected chi connectivity index (χ4v) is 1.13. The van der Waals surface area contributed by atoms with E-state index >= 15 is 0 Å². The number of nitrogens with zero attached hydrogens (tertiary/aromatic N) is 1. The quantitative estimate of drug-likeness (QED) is 0.738. The van der Waals surface area contributed by atoms with Gasteiger partial charge in [-0.3, -0.25) is 0 Å². The minimum Gasteiger partial charge on any atom is -0.310 e. The van der Waals surface area contributed by atoms with E-state index < -0.39 is 0 Å². The number of nitrogens with one attached hydrogen (secondary N) is 1. The van der Waals surface area contributed by atoms with Gasteiger partial charge in [0.1, 0.15) is 0 Å². The van der Waals surface area contributed by atoms with Crippen LogP contribution in [0.25, 0.3) is 0 Å². The molecule has 1 aromatic rings. The van der Waals surface area contributed by atoms with Crippen molar-refractivity contribution in [3.8, 4) is 0 Å². The first kappa shape index (κ1) is 8.97. The van der Waals surface area contributed by atoms with Crippen molar-refractivity contribution in [3.05, 3.63) is 27.9 Å². The Morgan fingerprint density at radius 3 is 2.92 bits per heavy atom. The van der Waals surface area contributed by atoms with Crippen molar-refractivity contribution < 1.29 is 0 Å². The molecule has 1 rings (SSSR count). The number of rotatable bonds is 3. The molecule has 0 saturated heterocycles. The normalized spacial score (nSPS) is 10.2. The number of hydrogen-bond donors (Lipinski definition) is 1. The number of hydrogen-bond acceptors (Lipinski definition) is 2. The maximum absolute atomic E-state index is 10.7. The largest absolute Gasteiger partial charge is 0.345 e. The standard InChI is InChI=1S/C9H14N2O/c1-3-4-5-8-6-10-9(12)11-7(8)2/h6H,3-5H2,1-2H3,(H,10,11,12). The molecule has 0 saturated carbocycles. The molecule has 1 heterocycles. The molecule has 0 aliphatic heterocycles. The SMILES string of the molecule is CCCCc1cnc(=O)[nH]c1C. The van der Waals surface area contributed by atoms with Gasteiger partial charge in [0.25, 0.3) is 0 Å². The molecule has 0 aliphatic carbocycles. The maximum Gasteiger partial charge on any atom is 0.345 e. The number of aromatic amines is 1. The summed E-state index contributed by atoms with van der Waals surface area (Å²) in [6.45, 7) is 4.06. The summed E-state index contributed by atoms with van der Waals surface area (Å²) in [5, 5.41) is 0. The molecule has 0 atom stereocenters. The van der Waals surface area contributed by atoms with Gasteiger partial charge in [0, 0.05) is 11.9 Å². The van der Waals surface area contributed by atoms with Crippen molar-refractivity contribution in [2.45, 2.75) is 33.1 Å². The molecule has 0 aliphatic rings. The molecule has 0 unspecified atom stereocenters. The van der Waals surface area contributed by atoms with Gasteiger partial charge in [-0.05, 0) is 25.3 Å². The molecular formula is C9H14N2O. The Morgan fingerprint density at radius 2 is 2.33 bits per heavy atom. The zero-order valence-electron chi connectivity index (χ0n) is 7.55. The lowest BCUT2D eigenvalue weighted by atomic mass is 10.1. The lowest BCUT2D eigenvalue weighted by Crippen LogP contribution is -2.12. The average molecular weight is 166 g/mol. The lowest BCUT2D eigenvalue weighted by Gasteiger charge is -2.01. The molecule has 0 fully saturated rings. The molecule has 66 valence electrons. The molecule has 12 heavy (non-hydrogen) atoms. The Labute approximate surface area is 71.9 Å². The van der Waals surface area contributed by atoms with Gasteiger partial charge in [-0.2, -0.15) is 0 Å². The van der Waals surface area contributed by atoms with Gasteiger partial charge in [-0.15, -0.1) is 0 Å². The van der Waals surface area contributed by atoms with E-state index in [9.17, 15) is 4.79 Å². The fraction of sp³-hybridized carbons (Fsp3) is 0.556. The monoisotopic (exact) mass is 166 g/mol. The number of unbranched alkanes of at least 4 members (excludes halogenated alkanes) is 1. The van der Waals surface area contributed by atoms with Crippen molar-refractivity contribution in [2.75, 3.05) is 0 Å². The van der Waals surface area contributed by atoms with Gasteiger partial charge >= 0.3 is 5.69 Å². The summed E-state index contributed by atoms with van der Waals surface area (Å²) in [5.74, 6) is 0. The van der Waals surface area contributed by atoms with E-state index in [0.717, 1.165) is 24.1 Å². The predicted octanol–water partition coefficient (Wildman–Crippen LogP) is 1.42. The summed E-state index contributed by atoms with van der Waals surface area (Å²) in [6, 6.07) is 0. The highest BCUT2D eigenvalue weighted by molar-refractivity contribution is 5.13. The molecule has 0 spiro atoms. The maximum atomic E-state index is 10.7. The predicted molar refractivity (Wildman–Crippen MR) is 48.2 cm³/mol. The fourth-order valence-electron chi connectivity index (χ4n) is 1.13. The summed E-state index contributed by atoms with van der Waals surface area (Å²) >= 11 is 0. The van der Waals surface area contributed by atoms with Gasteiger partial charge in [0.2, 0.25) is 0 Å². The van der Waals surface area contributed by atoms with E-state index in [1.54, 1.807) is 6.20 Å². The Kier molecular flexibility index (Phi) is 3.02. The Hall–Kier alpha value is -1.12. The van der Waals surface area contributed by atoms with E-state index in [-0.39, 0.29) is 5.69 Å². The molecule has 0 radical (unpaired) electrons. The minimum absolute atomic E-state index is 0.257. The third-order valence-electron chi connectivity index (χ3n) is 1.91. The van der Waals surface area contributed by atoms with Crippen LogP contribution in [0.5, 0.6) is 0 Å². The van der Waals surface area contributed by atoms with Gasteiger partial charge in [0.05, 0.1) is 0 Å². The van der Waals surface area contributed by atoms with E-state index in [2.05, 4.69) is 16.9 Å². The minimum atomic E-state index is -0.257. The van der Waals surface area contributed by atoms with Crippen LogP contribution in [-0.2, 0) is 6.42 Å². The first-order chi connectivity index (χ1) is 5.74. The van der Waals surface area contributed by atoms with Crippen molar-refractivity contribution in [2.24, 2.45) is 0 Å². The summed E-state index contributed by atoms with van der Waals surface area (Å²) < 4.78 is 0. The van der Waals surface area contributed by atoms with Crippen molar-refractivity contribution in [1.29, 1.82) is 0 Å². The van der Waals surface area contributed by atoms with Crippen LogP contribution >= 0.6 is 0 Å². The van der Waals surface area contributed by atoms with Crippen LogP contribution in [0.1, 0.15) is 31.0 Å². The first-order valence-electron chi connectivity index (χ1n) is 4.29. The molecule has 1 N–H and O–H groups in total. The molecule has 0 amide bonds. The van der Waals surface area contributed by atoms with Gasteiger partial charge in [-0.25, -0.2) is 9.78 Å². The zero-order valence-corrected chi connectivity index (χ0v) is 7.55. The topological polar surface area (TPSA) is 45.8 Å². The molecule has 3 nitrogen and oxygen atoms in total. The second-order valence-corrected chi connectivity index (χ2v) is 2.94. The summed E-state index contributed by atoms with van der Waals surface area (Å²) in [7, 11) is 0. The third kappa shape index (κ3) is 2.19. The average Bonchev–Trinajstić information content (AvgIpc) is 2.03. The van der Waals surface area contributed by atoms with Crippen molar-refractivity contribution in [3.63, 3.8) is 0 Å². The van der Waals surface area contributed by atoms with E-state index in [1.165, 1.54) is 6.42 Å². The number of aromatic nitrogens is 2. The molecule has 3 heteroatoms. The van der Waals surface area contributed by atoms with E-state index in [1.807, 2.05) is 6.92 Å². The van der Waals surface area contributed by atoms with Crippen molar-refractivity contribution in [1.82, 2.24) is 9.97 Å². The van der Waals surface area contributed by atoms with Gasteiger partial charge in [0.15, 0.2) is 0 Å². The molecular weight excluding hydrogens is 152 g/mol. The third-order valence-corrected chi connectivity index (χ3v) is 1.91. The Bertz CT molecular complexity index is 304. The van der Waals surface area contributed by atoms with Crippen LogP contribution in [-0.4, -0.2) is 9.97 Å². The van der Waals surface area contributed by atoms with Crippen LogP contribution in [0.4, 0.5) is 0 Å². The summed E-state index contributed by atoms with van der Waals surface area (Å²) in [6.07, 6.45) is 4.99. The first-order valence-corrected chi connectivity index (χ1v) is 4.29. The smallest absolute Gasteiger partial charge is 0.310 e. The molecule has 0 aromatic carbocycles. The number of H-pyrrole nitrogens is 1. The highest BCUT2D eigenvalue weighted by Crippen LogP contribution is 2.04. The highest BCUT2D eigenvalue weighted by Gasteiger charge is 1.98. The second kappa shape index (κ2) is 4.04. The zero-order chi connectivity index (χ0) is 8.97. The second-order valence-electron chi connectivity index (χ2n) is 2.94. The van der Waals surface area contributed by atoms with Gasteiger partial charge < -0.3 is 4.98 Å². The van der Waals surface area contributed by atoms with Crippen LogP contribution in [0.2, 0.25) is 0 Å². The van der Waals surface area contributed by atoms with E-state index in [4.69, 9.17) is 0 Å². The molecule has 0 bridgehead atoms. The van der Waals surface area contributed by atoms with E-state index in [0.29, 0.717) is 0 Å². The highest BCUT2D eigenvalue weighted by atomic mass is 16.1. The van der Waals surface area contributed by atoms with Crippen LogP contribution in [0.15, 0.2) is 11.0 Å². The van der Waals surface area contributed by atoms with Crippen LogP contribution < -0.4 is 5.69 Å². The van der Waals surface area contributed by atoms with Crippen molar-refractivity contribution >= 4 is 0 Å². The summed E-state index contributed by atoms with van der Waals surface area (Å²) in [4.78, 5) is 17.1. The number of aryl methyl sites for hydroxylation is 2. The van der Waals surface area contributed by atoms with Crippen LogP contribution in [0.3, 0.4) is 0 Å².